The Bertz CT molecular complexity index is 407. The largest absolute Gasteiger partial charge is 0.389 e. The molecule has 0 bridgehead atoms. The number of likely N-dealkylation sites (N-methyl/N-ethyl adjacent to an activating group) is 1. The Morgan fingerprint density at radius 1 is 1.32 bits per heavy atom. The van der Waals surface area contributed by atoms with Crippen molar-refractivity contribution < 1.29 is 9.90 Å². The minimum Gasteiger partial charge on any atom is -0.389 e. The first-order valence-electron chi connectivity index (χ1n) is 6.61. The number of anilines is 1. The second kappa shape index (κ2) is 6.68. The molecule has 0 saturated carbocycles. The number of carbonyl (C=O) groups excluding carboxylic acids is 1. The molecule has 1 aromatic rings. The van der Waals surface area contributed by atoms with Crippen LogP contribution in [0.25, 0.3) is 0 Å². The number of benzene rings is 1. The lowest BCUT2D eigenvalue weighted by Gasteiger charge is -2.28. The lowest BCUT2D eigenvalue weighted by atomic mass is 10.1. The third kappa shape index (κ3) is 6.36. The molecule has 0 aromatic heterocycles. The van der Waals surface area contributed by atoms with Crippen molar-refractivity contribution in [2.45, 2.75) is 39.8 Å². The molecule has 0 saturated heterocycles. The van der Waals surface area contributed by atoms with Crippen molar-refractivity contribution in [3.05, 3.63) is 29.8 Å². The monoisotopic (exact) mass is 264 g/mol. The number of hydrogen-bond donors (Lipinski definition) is 2. The number of nitrogens with zero attached hydrogens (tertiary/aromatic N) is 1. The molecule has 0 fully saturated rings. The van der Waals surface area contributed by atoms with Crippen LogP contribution in [0.3, 0.4) is 0 Å². The Labute approximate surface area is 115 Å². The minimum absolute atomic E-state index is 0.0648. The molecule has 0 aliphatic rings. The van der Waals surface area contributed by atoms with Crippen LogP contribution >= 0.6 is 0 Å². The molecule has 4 heteroatoms. The van der Waals surface area contributed by atoms with E-state index in [0.717, 1.165) is 18.8 Å². The molecule has 0 radical (unpaired) electrons. The number of carbonyl (C=O) groups is 1. The summed E-state index contributed by atoms with van der Waals surface area (Å²) in [5.41, 5.74) is 1.29. The molecule has 0 aliphatic heterocycles. The van der Waals surface area contributed by atoms with Crippen LogP contribution in [0, 0.1) is 0 Å². The molecule has 0 spiro atoms. The lowest BCUT2D eigenvalue weighted by molar-refractivity contribution is -0.114. The van der Waals surface area contributed by atoms with Gasteiger partial charge in [-0.3, -0.25) is 9.69 Å². The van der Waals surface area contributed by atoms with Gasteiger partial charge in [-0.1, -0.05) is 19.1 Å². The van der Waals surface area contributed by atoms with Gasteiger partial charge in [-0.05, 0) is 38.1 Å². The number of rotatable bonds is 6. The highest BCUT2D eigenvalue weighted by atomic mass is 16.3. The third-order valence-corrected chi connectivity index (χ3v) is 2.74. The summed E-state index contributed by atoms with van der Waals surface area (Å²) in [7, 11) is 0. The first-order valence-corrected chi connectivity index (χ1v) is 6.61. The van der Waals surface area contributed by atoms with Crippen LogP contribution in [0.1, 0.15) is 33.3 Å². The van der Waals surface area contributed by atoms with E-state index in [1.807, 2.05) is 38.1 Å². The Balaban J connectivity index is 2.63. The standard InChI is InChI=1S/C15H24N2O2/c1-5-17(11-15(3,4)19)10-13-6-8-14(9-7-13)16-12(2)18/h6-9,19H,5,10-11H2,1-4H3,(H,16,18). The van der Waals surface area contributed by atoms with Gasteiger partial charge in [0.25, 0.3) is 0 Å². The molecule has 0 aliphatic carbocycles. The highest BCUT2D eigenvalue weighted by molar-refractivity contribution is 5.88. The Morgan fingerprint density at radius 2 is 1.89 bits per heavy atom. The summed E-state index contributed by atoms with van der Waals surface area (Å²) in [6.45, 7) is 9.52. The van der Waals surface area contributed by atoms with Gasteiger partial charge < -0.3 is 10.4 Å². The molecule has 4 nitrogen and oxygen atoms in total. The number of aliphatic hydroxyl groups is 1. The number of amides is 1. The van der Waals surface area contributed by atoms with Crippen LogP contribution in [0.15, 0.2) is 24.3 Å². The van der Waals surface area contributed by atoms with Crippen molar-refractivity contribution >= 4 is 11.6 Å². The van der Waals surface area contributed by atoms with Gasteiger partial charge >= 0.3 is 0 Å². The van der Waals surface area contributed by atoms with E-state index in [1.54, 1.807) is 0 Å². The molecular weight excluding hydrogens is 240 g/mol. The third-order valence-electron chi connectivity index (χ3n) is 2.74. The zero-order chi connectivity index (χ0) is 14.5. The molecule has 1 amide bonds. The van der Waals surface area contributed by atoms with Gasteiger partial charge in [-0.2, -0.15) is 0 Å². The molecule has 106 valence electrons. The number of hydrogen-bond acceptors (Lipinski definition) is 3. The summed E-state index contributed by atoms with van der Waals surface area (Å²) in [6.07, 6.45) is 0. The first-order chi connectivity index (χ1) is 8.80. The molecule has 0 unspecified atom stereocenters. The molecule has 19 heavy (non-hydrogen) atoms. The van der Waals surface area contributed by atoms with Gasteiger partial charge in [0.15, 0.2) is 0 Å². The Morgan fingerprint density at radius 3 is 2.32 bits per heavy atom. The van der Waals surface area contributed by atoms with Crippen LogP contribution in [0.5, 0.6) is 0 Å². The highest BCUT2D eigenvalue weighted by Gasteiger charge is 2.17. The molecule has 1 aromatic carbocycles. The van der Waals surface area contributed by atoms with E-state index in [1.165, 1.54) is 12.5 Å². The van der Waals surface area contributed by atoms with Crippen molar-refractivity contribution in [1.29, 1.82) is 0 Å². The van der Waals surface area contributed by atoms with Crippen molar-refractivity contribution in [2.75, 3.05) is 18.4 Å². The van der Waals surface area contributed by atoms with Crippen molar-refractivity contribution in [3.63, 3.8) is 0 Å². The quantitative estimate of drug-likeness (QED) is 0.828. The van der Waals surface area contributed by atoms with Gasteiger partial charge in [0.2, 0.25) is 5.91 Å². The predicted octanol–water partition coefficient (Wildman–Crippen LogP) is 2.24. The van der Waals surface area contributed by atoms with Gasteiger partial charge in [-0.25, -0.2) is 0 Å². The Kier molecular flexibility index (Phi) is 5.51. The van der Waals surface area contributed by atoms with Crippen molar-refractivity contribution in [3.8, 4) is 0 Å². The van der Waals surface area contributed by atoms with Crippen LogP contribution in [-0.4, -0.2) is 34.6 Å². The van der Waals surface area contributed by atoms with E-state index >= 15 is 0 Å². The second-order valence-electron chi connectivity index (χ2n) is 5.49. The lowest BCUT2D eigenvalue weighted by Crippen LogP contribution is -2.38. The molecular formula is C15H24N2O2. The summed E-state index contributed by atoms with van der Waals surface area (Å²) < 4.78 is 0. The summed E-state index contributed by atoms with van der Waals surface area (Å²) in [5, 5.41) is 12.6. The van der Waals surface area contributed by atoms with Gasteiger partial charge in [0.05, 0.1) is 5.60 Å². The summed E-state index contributed by atoms with van der Waals surface area (Å²) in [6, 6.07) is 7.79. The smallest absolute Gasteiger partial charge is 0.221 e. The normalized spacial score (nSPS) is 11.7. The SMILES string of the molecule is CCN(Cc1ccc(NC(C)=O)cc1)CC(C)(C)O. The fraction of sp³-hybridized carbons (Fsp3) is 0.533. The van der Waals surface area contributed by atoms with Gasteiger partial charge in [0.1, 0.15) is 0 Å². The van der Waals surface area contributed by atoms with Crippen molar-refractivity contribution in [2.24, 2.45) is 0 Å². The van der Waals surface area contributed by atoms with E-state index in [0.29, 0.717) is 6.54 Å². The maximum absolute atomic E-state index is 10.9. The average Bonchev–Trinajstić information content (AvgIpc) is 2.28. The van der Waals surface area contributed by atoms with Gasteiger partial charge in [-0.15, -0.1) is 0 Å². The zero-order valence-electron chi connectivity index (χ0n) is 12.2. The number of nitrogens with one attached hydrogen (secondary N) is 1. The van der Waals surface area contributed by atoms with Crippen LogP contribution in [-0.2, 0) is 11.3 Å². The van der Waals surface area contributed by atoms with Crippen LogP contribution in [0.2, 0.25) is 0 Å². The van der Waals surface area contributed by atoms with E-state index in [9.17, 15) is 9.90 Å². The minimum atomic E-state index is -0.688. The highest BCUT2D eigenvalue weighted by Crippen LogP contribution is 2.13. The maximum atomic E-state index is 10.9. The van der Waals surface area contributed by atoms with E-state index < -0.39 is 5.60 Å². The summed E-state index contributed by atoms with van der Waals surface area (Å²) in [4.78, 5) is 13.1. The summed E-state index contributed by atoms with van der Waals surface area (Å²) >= 11 is 0. The van der Waals surface area contributed by atoms with Crippen LogP contribution in [0.4, 0.5) is 5.69 Å². The molecule has 0 atom stereocenters. The zero-order valence-corrected chi connectivity index (χ0v) is 12.2. The average molecular weight is 264 g/mol. The van der Waals surface area contributed by atoms with E-state index in [4.69, 9.17) is 0 Å². The fourth-order valence-corrected chi connectivity index (χ4v) is 1.98. The summed E-state index contributed by atoms with van der Waals surface area (Å²) in [5.74, 6) is -0.0648. The predicted molar refractivity (Wildman–Crippen MR) is 78.0 cm³/mol. The van der Waals surface area contributed by atoms with Crippen LogP contribution < -0.4 is 5.32 Å². The van der Waals surface area contributed by atoms with Crippen molar-refractivity contribution in [1.82, 2.24) is 4.90 Å². The Hall–Kier alpha value is -1.39. The first kappa shape index (κ1) is 15.7. The molecule has 1 rings (SSSR count). The fourth-order valence-electron chi connectivity index (χ4n) is 1.98. The van der Waals surface area contributed by atoms with Gasteiger partial charge in [0, 0.05) is 25.7 Å². The second-order valence-corrected chi connectivity index (χ2v) is 5.49. The maximum Gasteiger partial charge on any atom is 0.221 e. The molecule has 2 N–H and O–H groups in total. The molecule has 0 heterocycles. The van der Waals surface area contributed by atoms with E-state index in [2.05, 4.69) is 17.1 Å². The topological polar surface area (TPSA) is 52.6 Å². The van der Waals surface area contributed by atoms with E-state index in [-0.39, 0.29) is 5.91 Å².